The first-order chi connectivity index (χ1) is 12.2. The van der Waals surface area contributed by atoms with Crippen molar-refractivity contribution in [2.24, 2.45) is 0 Å². The van der Waals surface area contributed by atoms with Gasteiger partial charge in [-0.25, -0.2) is 0 Å². The minimum absolute atomic E-state index is 1.24. The molecule has 3 aromatic carbocycles. The lowest BCUT2D eigenvalue weighted by Gasteiger charge is -2.11. The molecule has 0 aliphatic carbocycles. The monoisotopic (exact) mass is 340 g/mol. The van der Waals surface area contributed by atoms with Gasteiger partial charge in [0.25, 0.3) is 0 Å². The van der Waals surface area contributed by atoms with E-state index in [0.29, 0.717) is 0 Å². The Morgan fingerprint density at radius 1 is 0.720 bits per heavy atom. The number of hydrogen-bond acceptors (Lipinski definition) is 1. The lowest BCUT2D eigenvalue weighted by Crippen LogP contribution is -1.86. The number of benzene rings is 3. The van der Waals surface area contributed by atoms with Gasteiger partial charge in [-0.3, -0.25) is 0 Å². The van der Waals surface area contributed by atoms with Gasteiger partial charge in [-0.2, -0.15) is 0 Å². The second-order valence-electron chi connectivity index (χ2n) is 6.38. The van der Waals surface area contributed by atoms with Gasteiger partial charge in [-0.15, -0.1) is 11.3 Å². The van der Waals surface area contributed by atoms with Crippen molar-refractivity contribution >= 4 is 34.3 Å². The third kappa shape index (κ3) is 3.29. The van der Waals surface area contributed by atoms with Crippen LogP contribution >= 0.6 is 11.3 Å². The quantitative estimate of drug-likeness (QED) is 0.365. The van der Waals surface area contributed by atoms with E-state index >= 15 is 0 Å². The summed E-state index contributed by atoms with van der Waals surface area (Å²) in [6, 6.07) is 26.2. The van der Waals surface area contributed by atoms with Crippen molar-refractivity contribution in [2.75, 3.05) is 0 Å². The van der Waals surface area contributed by atoms with Gasteiger partial charge in [0.2, 0.25) is 0 Å². The summed E-state index contributed by atoms with van der Waals surface area (Å²) in [7, 11) is 0. The second kappa shape index (κ2) is 6.70. The van der Waals surface area contributed by atoms with Crippen LogP contribution in [0, 0.1) is 13.8 Å². The zero-order valence-corrected chi connectivity index (χ0v) is 15.3. The number of rotatable bonds is 3. The molecule has 0 nitrogen and oxygen atoms in total. The van der Waals surface area contributed by atoms with Gasteiger partial charge in [0.05, 0.1) is 0 Å². The summed E-state index contributed by atoms with van der Waals surface area (Å²) >= 11 is 1.83. The van der Waals surface area contributed by atoms with Crippen LogP contribution in [0.4, 0.5) is 0 Å². The number of thiophene rings is 1. The summed E-state index contributed by atoms with van der Waals surface area (Å²) in [5, 5.41) is 2.59. The van der Waals surface area contributed by atoms with E-state index in [1.165, 1.54) is 42.8 Å². The van der Waals surface area contributed by atoms with Crippen molar-refractivity contribution in [2.45, 2.75) is 13.8 Å². The minimum atomic E-state index is 1.24. The maximum absolute atomic E-state index is 2.30. The van der Waals surface area contributed by atoms with Crippen molar-refractivity contribution in [3.8, 4) is 11.1 Å². The molecule has 0 saturated heterocycles. The van der Waals surface area contributed by atoms with E-state index in [1.807, 2.05) is 11.3 Å². The van der Waals surface area contributed by atoms with E-state index in [4.69, 9.17) is 0 Å². The molecule has 0 amide bonds. The van der Waals surface area contributed by atoms with Crippen molar-refractivity contribution in [3.63, 3.8) is 0 Å². The zero-order chi connectivity index (χ0) is 17.2. The Morgan fingerprint density at radius 3 is 2.40 bits per heavy atom. The van der Waals surface area contributed by atoms with E-state index < -0.39 is 0 Å². The van der Waals surface area contributed by atoms with Crippen LogP contribution in [-0.2, 0) is 0 Å². The molecule has 0 spiro atoms. The molecule has 1 aromatic heterocycles. The highest BCUT2D eigenvalue weighted by molar-refractivity contribution is 7.12. The molecular weight excluding hydrogens is 320 g/mol. The summed E-state index contributed by atoms with van der Waals surface area (Å²) < 4.78 is 0. The summed E-state index contributed by atoms with van der Waals surface area (Å²) in [5.41, 5.74) is 5.15. The Kier molecular flexibility index (Phi) is 4.25. The Morgan fingerprint density at radius 2 is 1.56 bits per heavy atom. The Hall–Kier alpha value is -2.64. The molecule has 0 saturated carbocycles. The fourth-order valence-electron chi connectivity index (χ4n) is 3.22. The minimum Gasteiger partial charge on any atom is -0.141 e. The molecule has 0 unspecified atom stereocenters. The predicted octanol–water partition coefficient (Wildman–Crippen LogP) is 7.36. The third-order valence-electron chi connectivity index (χ3n) is 4.54. The van der Waals surface area contributed by atoms with E-state index in [-0.39, 0.29) is 0 Å². The number of aryl methyl sites for hydroxylation is 2. The van der Waals surface area contributed by atoms with E-state index in [9.17, 15) is 0 Å². The summed E-state index contributed by atoms with van der Waals surface area (Å²) in [5.74, 6) is 0. The molecule has 0 aliphatic heterocycles. The van der Waals surface area contributed by atoms with Gasteiger partial charge < -0.3 is 0 Å². The first kappa shape index (κ1) is 15.9. The van der Waals surface area contributed by atoms with Gasteiger partial charge in [-0.05, 0) is 71.1 Å². The molecule has 4 rings (SSSR count). The summed E-state index contributed by atoms with van der Waals surface area (Å²) in [4.78, 5) is 2.64. The van der Waals surface area contributed by atoms with Crippen LogP contribution in [0.5, 0.6) is 0 Å². The molecule has 25 heavy (non-hydrogen) atoms. The fourth-order valence-corrected chi connectivity index (χ4v) is 4.00. The maximum Gasteiger partial charge on any atom is 0.0273 e. The molecule has 0 bridgehead atoms. The van der Waals surface area contributed by atoms with E-state index in [0.717, 1.165) is 0 Å². The van der Waals surface area contributed by atoms with E-state index in [2.05, 4.69) is 98.8 Å². The number of hydrogen-bond donors (Lipinski definition) is 0. The van der Waals surface area contributed by atoms with E-state index in [1.54, 1.807) is 0 Å². The Balaban J connectivity index is 1.78. The first-order valence-corrected chi connectivity index (χ1v) is 9.36. The molecule has 0 fully saturated rings. The summed E-state index contributed by atoms with van der Waals surface area (Å²) in [6.45, 7) is 4.33. The molecule has 0 atom stereocenters. The van der Waals surface area contributed by atoms with Gasteiger partial charge in [0.1, 0.15) is 0 Å². The highest BCUT2D eigenvalue weighted by Gasteiger charge is 2.06. The van der Waals surface area contributed by atoms with Crippen LogP contribution in [0.1, 0.15) is 20.9 Å². The lowest BCUT2D eigenvalue weighted by molar-refractivity contribution is 1.46. The van der Waals surface area contributed by atoms with Crippen molar-refractivity contribution in [1.82, 2.24) is 0 Å². The topological polar surface area (TPSA) is 0 Å². The largest absolute Gasteiger partial charge is 0.141 e. The van der Waals surface area contributed by atoms with Gasteiger partial charge >= 0.3 is 0 Å². The zero-order valence-electron chi connectivity index (χ0n) is 14.5. The molecule has 0 radical (unpaired) electrons. The molecule has 122 valence electrons. The normalized spacial score (nSPS) is 11.4. The van der Waals surface area contributed by atoms with Gasteiger partial charge in [0.15, 0.2) is 0 Å². The molecule has 1 heterocycles. The third-order valence-corrected chi connectivity index (χ3v) is 5.51. The molecule has 4 aromatic rings. The van der Waals surface area contributed by atoms with Crippen LogP contribution in [-0.4, -0.2) is 0 Å². The number of fused-ring (bicyclic) bond motifs is 1. The SMILES string of the molecule is Cc1ccc(/C=C/c2ccc(C)c(-c3cccc4ccccc34)c2)s1. The Labute approximate surface area is 153 Å². The molecular formula is C24H20S. The average Bonchev–Trinajstić information content (AvgIpc) is 3.06. The van der Waals surface area contributed by atoms with Crippen LogP contribution < -0.4 is 0 Å². The average molecular weight is 340 g/mol. The molecule has 0 aliphatic rings. The summed E-state index contributed by atoms with van der Waals surface area (Å²) in [6.07, 6.45) is 4.41. The van der Waals surface area contributed by atoms with Gasteiger partial charge in [0, 0.05) is 9.75 Å². The second-order valence-corrected chi connectivity index (χ2v) is 7.70. The van der Waals surface area contributed by atoms with Crippen molar-refractivity contribution < 1.29 is 0 Å². The lowest BCUT2D eigenvalue weighted by atomic mass is 9.93. The first-order valence-electron chi connectivity index (χ1n) is 8.54. The highest BCUT2D eigenvalue weighted by atomic mass is 32.1. The maximum atomic E-state index is 2.30. The fraction of sp³-hybridized carbons (Fsp3) is 0.0833. The molecule has 0 N–H and O–H groups in total. The van der Waals surface area contributed by atoms with Crippen LogP contribution in [0.25, 0.3) is 34.1 Å². The predicted molar refractivity (Wildman–Crippen MR) is 112 cm³/mol. The smallest absolute Gasteiger partial charge is 0.0273 e. The standard InChI is InChI=1S/C24H20S/c1-17-10-12-19(13-15-21-14-11-18(2)25-21)16-24(17)23-9-5-7-20-6-3-4-8-22(20)23/h3-16H,1-2H3/b15-13+. The molecule has 1 heteroatoms. The van der Waals surface area contributed by atoms with Crippen molar-refractivity contribution in [1.29, 1.82) is 0 Å². The van der Waals surface area contributed by atoms with Crippen LogP contribution in [0.15, 0.2) is 72.8 Å². The van der Waals surface area contributed by atoms with Crippen LogP contribution in [0.2, 0.25) is 0 Å². The highest BCUT2D eigenvalue weighted by Crippen LogP contribution is 2.32. The Bertz CT molecular complexity index is 1060. The van der Waals surface area contributed by atoms with Crippen molar-refractivity contribution in [3.05, 3.63) is 93.7 Å². The van der Waals surface area contributed by atoms with Crippen LogP contribution in [0.3, 0.4) is 0 Å². The van der Waals surface area contributed by atoms with Gasteiger partial charge in [-0.1, -0.05) is 60.7 Å².